The van der Waals surface area contributed by atoms with Crippen molar-refractivity contribution in [1.82, 2.24) is 5.32 Å². The Bertz CT molecular complexity index is 263. The summed E-state index contributed by atoms with van der Waals surface area (Å²) in [7, 11) is 0. The number of hydrogen-bond acceptors (Lipinski definition) is 2. The smallest absolute Gasteiger partial charge is 0.0559 e. The minimum Gasteiger partial charge on any atom is -0.328 e. The summed E-state index contributed by atoms with van der Waals surface area (Å²) in [6.07, 6.45) is 2.39. The van der Waals surface area contributed by atoms with Gasteiger partial charge in [-0.3, -0.25) is 0 Å². The van der Waals surface area contributed by atoms with E-state index < -0.39 is 0 Å². The van der Waals surface area contributed by atoms with Gasteiger partial charge in [0.05, 0.1) is 5.54 Å². The summed E-state index contributed by atoms with van der Waals surface area (Å²) in [4.78, 5) is 0. The molecule has 1 unspecified atom stereocenters. The van der Waals surface area contributed by atoms with Crippen molar-refractivity contribution in [1.29, 1.82) is 0 Å². The van der Waals surface area contributed by atoms with E-state index in [1.165, 1.54) is 12.0 Å². The van der Waals surface area contributed by atoms with Crippen LogP contribution in [0.2, 0.25) is 0 Å². The fourth-order valence-electron chi connectivity index (χ4n) is 2.10. The Labute approximate surface area is 79.1 Å². The highest BCUT2D eigenvalue weighted by molar-refractivity contribution is 5.26. The molecule has 1 aliphatic heterocycles. The average molecular weight is 176 g/mol. The molecule has 1 heterocycles. The fourth-order valence-corrected chi connectivity index (χ4v) is 2.10. The summed E-state index contributed by atoms with van der Waals surface area (Å²) in [5.41, 5.74) is 7.22. The van der Waals surface area contributed by atoms with Crippen LogP contribution in [-0.2, 0) is 5.54 Å². The zero-order chi connectivity index (χ0) is 9.15. The van der Waals surface area contributed by atoms with Crippen LogP contribution < -0.4 is 11.1 Å². The van der Waals surface area contributed by atoms with Gasteiger partial charge in [0.1, 0.15) is 0 Å². The first-order chi connectivity index (χ1) is 6.37. The maximum absolute atomic E-state index is 5.84. The molecule has 1 atom stereocenters. The van der Waals surface area contributed by atoms with Crippen LogP contribution in [0.4, 0.5) is 0 Å². The summed E-state index contributed by atoms with van der Waals surface area (Å²) >= 11 is 0. The Morgan fingerprint density at radius 3 is 2.62 bits per heavy atom. The molecule has 1 fully saturated rings. The van der Waals surface area contributed by atoms with Crippen LogP contribution in [0.1, 0.15) is 18.4 Å². The Hall–Kier alpha value is -0.860. The molecule has 0 radical (unpaired) electrons. The predicted molar refractivity (Wildman–Crippen MR) is 54.4 cm³/mol. The highest BCUT2D eigenvalue weighted by Gasteiger charge is 2.33. The molecule has 0 bridgehead atoms. The van der Waals surface area contributed by atoms with E-state index in [0.717, 1.165) is 13.0 Å². The van der Waals surface area contributed by atoms with Gasteiger partial charge >= 0.3 is 0 Å². The molecule has 1 aromatic carbocycles. The summed E-state index contributed by atoms with van der Waals surface area (Å²) in [6, 6.07) is 10.5. The monoisotopic (exact) mass is 176 g/mol. The molecule has 0 amide bonds. The van der Waals surface area contributed by atoms with Crippen LogP contribution in [0.25, 0.3) is 0 Å². The van der Waals surface area contributed by atoms with Crippen LogP contribution >= 0.6 is 0 Å². The van der Waals surface area contributed by atoms with E-state index in [-0.39, 0.29) is 5.54 Å². The van der Waals surface area contributed by atoms with Gasteiger partial charge in [-0.2, -0.15) is 0 Å². The van der Waals surface area contributed by atoms with Crippen molar-refractivity contribution in [2.75, 3.05) is 13.1 Å². The standard InChI is InChI=1S/C11H16N2/c12-9-11(7-4-8-13-11)10-5-2-1-3-6-10/h1-3,5-6,13H,4,7-9,12H2. The quantitative estimate of drug-likeness (QED) is 0.711. The molecule has 0 aliphatic carbocycles. The second-order valence-corrected chi connectivity index (χ2v) is 3.68. The van der Waals surface area contributed by atoms with E-state index in [2.05, 4.69) is 29.6 Å². The highest BCUT2D eigenvalue weighted by Crippen LogP contribution is 2.29. The van der Waals surface area contributed by atoms with Gasteiger partial charge in [-0.25, -0.2) is 0 Å². The van der Waals surface area contributed by atoms with Crippen molar-refractivity contribution in [2.24, 2.45) is 5.73 Å². The van der Waals surface area contributed by atoms with E-state index in [1.54, 1.807) is 0 Å². The Balaban J connectivity index is 2.31. The van der Waals surface area contributed by atoms with Gasteiger partial charge in [0.2, 0.25) is 0 Å². The topological polar surface area (TPSA) is 38.0 Å². The maximum Gasteiger partial charge on any atom is 0.0559 e. The third kappa shape index (κ3) is 1.47. The van der Waals surface area contributed by atoms with E-state index >= 15 is 0 Å². The normalized spacial score (nSPS) is 27.8. The molecule has 2 rings (SSSR count). The maximum atomic E-state index is 5.84. The van der Waals surface area contributed by atoms with E-state index in [0.29, 0.717) is 6.54 Å². The largest absolute Gasteiger partial charge is 0.328 e. The molecule has 13 heavy (non-hydrogen) atoms. The summed E-state index contributed by atoms with van der Waals surface area (Å²) in [5, 5.41) is 3.51. The number of hydrogen-bond donors (Lipinski definition) is 2. The van der Waals surface area contributed by atoms with Crippen LogP contribution in [-0.4, -0.2) is 13.1 Å². The van der Waals surface area contributed by atoms with Crippen LogP contribution in [0, 0.1) is 0 Å². The lowest BCUT2D eigenvalue weighted by Crippen LogP contribution is -2.43. The fraction of sp³-hybridized carbons (Fsp3) is 0.455. The molecule has 3 N–H and O–H groups in total. The van der Waals surface area contributed by atoms with Crippen LogP contribution in [0.15, 0.2) is 30.3 Å². The molecule has 0 spiro atoms. The molecule has 1 saturated heterocycles. The van der Waals surface area contributed by atoms with E-state index in [4.69, 9.17) is 5.73 Å². The highest BCUT2D eigenvalue weighted by atomic mass is 15.0. The van der Waals surface area contributed by atoms with Gasteiger partial charge in [0.25, 0.3) is 0 Å². The molecule has 1 aromatic rings. The lowest BCUT2D eigenvalue weighted by Gasteiger charge is -2.28. The zero-order valence-electron chi connectivity index (χ0n) is 7.79. The average Bonchev–Trinajstić information content (AvgIpc) is 2.69. The number of nitrogens with one attached hydrogen (secondary N) is 1. The van der Waals surface area contributed by atoms with Crippen molar-refractivity contribution in [2.45, 2.75) is 18.4 Å². The van der Waals surface area contributed by atoms with Gasteiger partial charge in [-0.05, 0) is 24.9 Å². The third-order valence-electron chi connectivity index (χ3n) is 2.92. The third-order valence-corrected chi connectivity index (χ3v) is 2.92. The second kappa shape index (κ2) is 3.48. The van der Waals surface area contributed by atoms with Gasteiger partial charge in [-0.1, -0.05) is 30.3 Å². The summed E-state index contributed by atoms with van der Waals surface area (Å²) in [6.45, 7) is 1.78. The van der Waals surface area contributed by atoms with E-state index in [9.17, 15) is 0 Å². The molecular formula is C11H16N2. The molecule has 1 aliphatic rings. The van der Waals surface area contributed by atoms with E-state index in [1.807, 2.05) is 6.07 Å². The molecule has 2 nitrogen and oxygen atoms in total. The molecule has 2 heteroatoms. The summed E-state index contributed by atoms with van der Waals surface area (Å²) in [5.74, 6) is 0. The molecule has 0 saturated carbocycles. The van der Waals surface area contributed by atoms with Crippen molar-refractivity contribution < 1.29 is 0 Å². The summed E-state index contributed by atoms with van der Waals surface area (Å²) < 4.78 is 0. The van der Waals surface area contributed by atoms with Gasteiger partial charge in [-0.15, -0.1) is 0 Å². The lowest BCUT2D eigenvalue weighted by molar-refractivity contribution is 0.402. The van der Waals surface area contributed by atoms with Crippen molar-refractivity contribution >= 4 is 0 Å². The zero-order valence-corrected chi connectivity index (χ0v) is 7.79. The Morgan fingerprint density at radius 1 is 1.31 bits per heavy atom. The minimum atomic E-state index is 0.0568. The van der Waals surface area contributed by atoms with Gasteiger partial charge in [0, 0.05) is 6.54 Å². The van der Waals surface area contributed by atoms with Gasteiger partial charge in [0.15, 0.2) is 0 Å². The molecular weight excluding hydrogens is 160 g/mol. The van der Waals surface area contributed by atoms with Gasteiger partial charge < -0.3 is 11.1 Å². The Morgan fingerprint density at radius 2 is 2.08 bits per heavy atom. The van der Waals surface area contributed by atoms with Crippen molar-refractivity contribution in [3.8, 4) is 0 Å². The first kappa shape index (κ1) is 8.73. The van der Waals surface area contributed by atoms with Crippen molar-refractivity contribution in [3.63, 3.8) is 0 Å². The molecule has 70 valence electrons. The first-order valence-electron chi connectivity index (χ1n) is 4.88. The van der Waals surface area contributed by atoms with Crippen LogP contribution in [0.3, 0.4) is 0 Å². The molecule has 0 aromatic heterocycles. The Kier molecular flexibility index (Phi) is 2.34. The van der Waals surface area contributed by atoms with Crippen molar-refractivity contribution in [3.05, 3.63) is 35.9 Å². The first-order valence-corrected chi connectivity index (χ1v) is 4.88. The second-order valence-electron chi connectivity index (χ2n) is 3.68. The lowest BCUT2D eigenvalue weighted by atomic mass is 9.89. The SMILES string of the molecule is NCC1(c2ccccc2)CCCN1. The predicted octanol–water partition coefficient (Wildman–Crippen LogP) is 1.22. The number of benzene rings is 1. The van der Waals surface area contributed by atoms with Crippen LogP contribution in [0.5, 0.6) is 0 Å². The minimum absolute atomic E-state index is 0.0568. The number of rotatable bonds is 2. The number of nitrogens with two attached hydrogens (primary N) is 1.